The van der Waals surface area contributed by atoms with Gasteiger partial charge in [-0.25, -0.2) is 0 Å². The standard InChI is InChI=1S/C7H13NO4.ClH/c8-4-1-3(2-9)5(10)7(12)6(4)11;/h1,4-7,9-12H,2,8H2;1H. The monoisotopic (exact) mass is 211 g/mol. The molecule has 0 aromatic rings. The molecule has 0 aliphatic heterocycles. The van der Waals surface area contributed by atoms with E-state index in [4.69, 9.17) is 15.9 Å². The van der Waals surface area contributed by atoms with Crippen LogP contribution in [0.3, 0.4) is 0 Å². The van der Waals surface area contributed by atoms with E-state index in [0.717, 1.165) is 0 Å². The summed E-state index contributed by atoms with van der Waals surface area (Å²) in [6.07, 6.45) is -2.34. The summed E-state index contributed by atoms with van der Waals surface area (Å²) >= 11 is 0. The molecule has 0 aromatic carbocycles. The molecule has 0 fully saturated rings. The fourth-order valence-electron chi connectivity index (χ4n) is 1.22. The lowest BCUT2D eigenvalue weighted by Crippen LogP contribution is -2.52. The average molecular weight is 212 g/mol. The number of nitrogens with two attached hydrogens (primary N) is 1. The number of aliphatic hydroxyl groups is 4. The van der Waals surface area contributed by atoms with Crippen molar-refractivity contribution in [1.29, 1.82) is 0 Å². The van der Waals surface area contributed by atoms with Crippen molar-refractivity contribution in [3.63, 3.8) is 0 Å². The van der Waals surface area contributed by atoms with Crippen LogP contribution in [0, 0.1) is 0 Å². The molecule has 0 saturated carbocycles. The van der Waals surface area contributed by atoms with Crippen LogP contribution in [0.1, 0.15) is 0 Å². The summed E-state index contributed by atoms with van der Waals surface area (Å²) in [5.74, 6) is 0. The molecule has 0 saturated heterocycles. The molecule has 0 spiro atoms. The van der Waals surface area contributed by atoms with Gasteiger partial charge in [0.2, 0.25) is 0 Å². The van der Waals surface area contributed by atoms with Crippen molar-refractivity contribution in [2.75, 3.05) is 6.61 Å². The van der Waals surface area contributed by atoms with E-state index in [9.17, 15) is 10.2 Å². The van der Waals surface area contributed by atoms with Gasteiger partial charge < -0.3 is 26.2 Å². The minimum absolute atomic E-state index is 0. The summed E-state index contributed by atoms with van der Waals surface area (Å²) in [7, 11) is 0. The SMILES string of the molecule is Cl.NC1C=C(CO)C(O)C(O)C1O. The van der Waals surface area contributed by atoms with Gasteiger partial charge in [0.1, 0.15) is 18.3 Å². The van der Waals surface area contributed by atoms with Crippen LogP contribution in [-0.4, -0.2) is 51.4 Å². The molecule has 13 heavy (non-hydrogen) atoms. The van der Waals surface area contributed by atoms with Crippen LogP contribution in [0.2, 0.25) is 0 Å². The van der Waals surface area contributed by atoms with Crippen molar-refractivity contribution in [1.82, 2.24) is 0 Å². The third-order valence-corrected chi connectivity index (χ3v) is 2.04. The highest BCUT2D eigenvalue weighted by Crippen LogP contribution is 2.18. The zero-order valence-electron chi connectivity index (χ0n) is 6.87. The second-order valence-electron chi connectivity index (χ2n) is 2.90. The number of rotatable bonds is 1. The van der Waals surface area contributed by atoms with E-state index in [-0.39, 0.29) is 24.6 Å². The van der Waals surface area contributed by atoms with Crippen molar-refractivity contribution < 1.29 is 20.4 Å². The van der Waals surface area contributed by atoms with Gasteiger partial charge in [0.05, 0.1) is 12.6 Å². The molecule has 4 atom stereocenters. The maximum atomic E-state index is 9.23. The number of aliphatic hydroxyl groups excluding tert-OH is 4. The van der Waals surface area contributed by atoms with Crippen LogP contribution < -0.4 is 5.73 Å². The van der Waals surface area contributed by atoms with Gasteiger partial charge in [-0.3, -0.25) is 0 Å². The van der Waals surface area contributed by atoms with Gasteiger partial charge in [0.15, 0.2) is 0 Å². The first-order chi connectivity index (χ1) is 5.57. The van der Waals surface area contributed by atoms with E-state index in [1.807, 2.05) is 0 Å². The predicted molar refractivity (Wildman–Crippen MR) is 48.4 cm³/mol. The molecule has 0 heterocycles. The van der Waals surface area contributed by atoms with Gasteiger partial charge in [-0.2, -0.15) is 0 Å². The highest BCUT2D eigenvalue weighted by molar-refractivity contribution is 5.85. The molecule has 0 bridgehead atoms. The Bertz CT molecular complexity index is 199. The summed E-state index contributed by atoms with van der Waals surface area (Å²) in [6.45, 7) is -0.362. The van der Waals surface area contributed by atoms with Gasteiger partial charge in [-0.05, 0) is 5.57 Å². The third kappa shape index (κ3) is 2.40. The third-order valence-electron chi connectivity index (χ3n) is 2.04. The zero-order valence-corrected chi connectivity index (χ0v) is 7.68. The lowest BCUT2D eigenvalue weighted by atomic mass is 9.89. The minimum atomic E-state index is -1.31. The van der Waals surface area contributed by atoms with E-state index in [1.165, 1.54) is 6.08 Å². The fourth-order valence-corrected chi connectivity index (χ4v) is 1.22. The molecule has 6 heteroatoms. The van der Waals surface area contributed by atoms with Gasteiger partial charge in [-0.15, -0.1) is 12.4 Å². The van der Waals surface area contributed by atoms with E-state index in [2.05, 4.69) is 0 Å². The summed E-state index contributed by atoms with van der Waals surface area (Å²) < 4.78 is 0. The highest BCUT2D eigenvalue weighted by atomic mass is 35.5. The van der Waals surface area contributed by atoms with Crippen LogP contribution in [-0.2, 0) is 0 Å². The van der Waals surface area contributed by atoms with Gasteiger partial charge >= 0.3 is 0 Å². The van der Waals surface area contributed by atoms with E-state index < -0.39 is 24.4 Å². The Labute approximate surface area is 81.9 Å². The lowest BCUT2D eigenvalue weighted by Gasteiger charge is -2.32. The molecule has 4 unspecified atom stereocenters. The summed E-state index contributed by atoms with van der Waals surface area (Å²) in [6, 6.07) is -0.731. The molecule has 0 radical (unpaired) electrons. The fraction of sp³-hybridized carbons (Fsp3) is 0.714. The van der Waals surface area contributed by atoms with Gasteiger partial charge in [-0.1, -0.05) is 6.08 Å². The predicted octanol–water partition coefficient (Wildman–Crippen LogP) is -2.25. The van der Waals surface area contributed by atoms with Crippen LogP contribution in [0.4, 0.5) is 0 Å². The Hall–Kier alpha value is -0.170. The zero-order chi connectivity index (χ0) is 9.30. The molecular weight excluding hydrogens is 198 g/mol. The van der Waals surface area contributed by atoms with Crippen LogP contribution in [0.25, 0.3) is 0 Å². The number of hydrogen-bond donors (Lipinski definition) is 5. The largest absolute Gasteiger partial charge is 0.392 e. The molecule has 1 rings (SSSR count). The summed E-state index contributed by atoms with van der Waals surface area (Å²) in [5.41, 5.74) is 5.64. The maximum absolute atomic E-state index is 9.23. The molecule has 0 amide bonds. The topological polar surface area (TPSA) is 107 Å². The molecule has 78 valence electrons. The Balaban J connectivity index is 0.00000144. The molecule has 6 N–H and O–H groups in total. The van der Waals surface area contributed by atoms with E-state index >= 15 is 0 Å². The normalized spacial score (nSPS) is 39.3. The van der Waals surface area contributed by atoms with Gasteiger partial charge in [0.25, 0.3) is 0 Å². The number of halogens is 1. The Kier molecular flexibility index (Phi) is 4.83. The Morgan fingerprint density at radius 1 is 1.23 bits per heavy atom. The second kappa shape index (κ2) is 4.90. The smallest absolute Gasteiger partial charge is 0.111 e. The highest BCUT2D eigenvalue weighted by Gasteiger charge is 2.34. The first kappa shape index (κ1) is 12.8. The lowest BCUT2D eigenvalue weighted by molar-refractivity contribution is -0.0596. The number of hydrogen-bond acceptors (Lipinski definition) is 5. The van der Waals surface area contributed by atoms with Crippen molar-refractivity contribution >= 4 is 12.4 Å². The molecule has 1 aliphatic rings. The van der Waals surface area contributed by atoms with E-state index in [1.54, 1.807) is 0 Å². The maximum Gasteiger partial charge on any atom is 0.111 e. The molecule has 5 nitrogen and oxygen atoms in total. The van der Waals surface area contributed by atoms with Crippen LogP contribution in [0.15, 0.2) is 11.6 Å². The summed E-state index contributed by atoms with van der Waals surface area (Å²) in [5, 5.41) is 36.3. The minimum Gasteiger partial charge on any atom is -0.392 e. The molecular formula is C7H14ClNO4. The van der Waals surface area contributed by atoms with Crippen molar-refractivity contribution in [3.8, 4) is 0 Å². The molecule has 1 aliphatic carbocycles. The Morgan fingerprint density at radius 3 is 2.23 bits per heavy atom. The molecule has 0 aromatic heterocycles. The quantitative estimate of drug-likeness (QED) is 0.315. The Morgan fingerprint density at radius 2 is 1.77 bits per heavy atom. The van der Waals surface area contributed by atoms with Crippen LogP contribution in [0.5, 0.6) is 0 Å². The first-order valence-electron chi connectivity index (χ1n) is 3.69. The van der Waals surface area contributed by atoms with Crippen molar-refractivity contribution in [3.05, 3.63) is 11.6 Å². The van der Waals surface area contributed by atoms with Crippen LogP contribution >= 0.6 is 12.4 Å². The first-order valence-corrected chi connectivity index (χ1v) is 3.69. The average Bonchev–Trinajstić information content (AvgIpc) is 2.08. The van der Waals surface area contributed by atoms with Crippen molar-refractivity contribution in [2.24, 2.45) is 5.73 Å². The van der Waals surface area contributed by atoms with E-state index in [0.29, 0.717) is 0 Å². The van der Waals surface area contributed by atoms with Crippen molar-refractivity contribution in [2.45, 2.75) is 24.4 Å². The second-order valence-corrected chi connectivity index (χ2v) is 2.90. The summed E-state index contributed by atoms with van der Waals surface area (Å²) in [4.78, 5) is 0. The van der Waals surface area contributed by atoms with Gasteiger partial charge in [0, 0.05) is 0 Å².